The lowest BCUT2D eigenvalue weighted by Crippen LogP contribution is -2.12. The van der Waals surface area contributed by atoms with Crippen molar-refractivity contribution < 1.29 is 4.92 Å². The second kappa shape index (κ2) is 7.72. The van der Waals surface area contributed by atoms with Gasteiger partial charge < -0.3 is 15.6 Å². The minimum Gasteiger partial charge on any atom is -0.355 e. The molecule has 2 aromatic carbocycles. The first-order valence-corrected chi connectivity index (χ1v) is 9.12. The molecule has 0 radical (unpaired) electrons. The summed E-state index contributed by atoms with van der Waals surface area (Å²) >= 11 is 5.89. The van der Waals surface area contributed by atoms with Crippen molar-refractivity contribution in [3.05, 3.63) is 75.7 Å². The van der Waals surface area contributed by atoms with E-state index < -0.39 is 4.92 Å². The number of aromatic amines is 1. The van der Waals surface area contributed by atoms with E-state index >= 15 is 0 Å². The number of fused-ring (bicyclic) bond motifs is 1. The Bertz CT molecular complexity index is 1140. The van der Waals surface area contributed by atoms with Crippen LogP contribution in [0.2, 0.25) is 5.02 Å². The SMILES string of the molecule is CC(Nc1nc(Nc2ccc(Cl)cc2)ncc1[N+](=O)[O-])c1nc2ccccc2[nH]1. The van der Waals surface area contributed by atoms with Crippen molar-refractivity contribution in [1.82, 2.24) is 19.9 Å². The fourth-order valence-corrected chi connectivity index (χ4v) is 2.91. The number of H-pyrrole nitrogens is 1. The number of nitro groups is 1. The summed E-state index contributed by atoms with van der Waals surface area (Å²) in [6.07, 6.45) is 1.17. The highest BCUT2D eigenvalue weighted by Crippen LogP contribution is 2.27. The Morgan fingerprint density at radius 3 is 2.62 bits per heavy atom. The van der Waals surface area contributed by atoms with Crippen LogP contribution in [0.25, 0.3) is 11.0 Å². The van der Waals surface area contributed by atoms with E-state index in [0.29, 0.717) is 16.5 Å². The van der Waals surface area contributed by atoms with Gasteiger partial charge in [0.1, 0.15) is 12.0 Å². The van der Waals surface area contributed by atoms with Crippen molar-refractivity contribution in [1.29, 1.82) is 0 Å². The summed E-state index contributed by atoms with van der Waals surface area (Å²) in [7, 11) is 0. The van der Waals surface area contributed by atoms with Gasteiger partial charge in [0, 0.05) is 10.7 Å². The monoisotopic (exact) mass is 409 g/mol. The summed E-state index contributed by atoms with van der Waals surface area (Å²) in [5.74, 6) is 0.956. The molecule has 10 heteroatoms. The van der Waals surface area contributed by atoms with Gasteiger partial charge in [0.2, 0.25) is 11.8 Å². The lowest BCUT2D eigenvalue weighted by Gasteiger charge is -2.13. The zero-order valence-corrected chi connectivity index (χ0v) is 16.0. The van der Waals surface area contributed by atoms with Crippen molar-refractivity contribution in [3.63, 3.8) is 0 Å². The van der Waals surface area contributed by atoms with Gasteiger partial charge in [-0.25, -0.2) is 9.97 Å². The Balaban J connectivity index is 1.61. The molecular weight excluding hydrogens is 394 g/mol. The van der Waals surface area contributed by atoms with Gasteiger partial charge in [-0.2, -0.15) is 4.98 Å². The zero-order valence-electron chi connectivity index (χ0n) is 15.3. The van der Waals surface area contributed by atoms with Crippen LogP contribution >= 0.6 is 11.6 Å². The highest BCUT2D eigenvalue weighted by atomic mass is 35.5. The summed E-state index contributed by atoms with van der Waals surface area (Å²) in [5, 5.41) is 18.1. The van der Waals surface area contributed by atoms with Gasteiger partial charge in [-0.3, -0.25) is 10.1 Å². The second-order valence-corrected chi connectivity index (χ2v) is 6.76. The second-order valence-electron chi connectivity index (χ2n) is 6.32. The zero-order chi connectivity index (χ0) is 20.4. The summed E-state index contributed by atoms with van der Waals surface area (Å²) in [6, 6.07) is 14.2. The molecule has 0 aliphatic heterocycles. The highest BCUT2D eigenvalue weighted by Gasteiger charge is 2.21. The molecule has 146 valence electrons. The molecule has 9 nitrogen and oxygen atoms in total. The van der Waals surface area contributed by atoms with Crippen LogP contribution in [0.1, 0.15) is 18.8 Å². The summed E-state index contributed by atoms with van der Waals surface area (Å²) in [6.45, 7) is 1.84. The number of hydrogen-bond donors (Lipinski definition) is 3. The maximum Gasteiger partial charge on any atom is 0.329 e. The Morgan fingerprint density at radius 1 is 1.14 bits per heavy atom. The molecule has 0 saturated carbocycles. The molecule has 0 fully saturated rings. The number of rotatable bonds is 6. The molecule has 0 amide bonds. The Hall–Kier alpha value is -3.72. The lowest BCUT2D eigenvalue weighted by molar-refractivity contribution is -0.384. The van der Waals surface area contributed by atoms with Crippen molar-refractivity contribution in [3.8, 4) is 0 Å². The number of aromatic nitrogens is 4. The molecule has 3 N–H and O–H groups in total. The predicted octanol–water partition coefficient (Wildman–Crippen LogP) is 4.83. The molecule has 2 aromatic heterocycles. The summed E-state index contributed by atoms with van der Waals surface area (Å²) < 4.78 is 0. The van der Waals surface area contributed by atoms with Crippen LogP contribution in [0.3, 0.4) is 0 Å². The molecule has 1 atom stereocenters. The Kier molecular flexibility index (Phi) is 4.96. The predicted molar refractivity (Wildman–Crippen MR) is 112 cm³/mol. The Labute approximate surface area is 170 Å². The first-order valence-electron chi connectivity index (χ1n) is 8.75. The van der Waals surface area contributed by atoms with Crippen molar-refractivity contribution in [2.75, 3.05) is 10.6 Å². The number of nitrogens with one attached hydrogen (secondary N) is 3. The number of halogens is 1. The van der Waals surface area contributed by atoms with E-state index in [0.717, 1.165) is 11.0 Å². The third kappa shape index (κ3) is 4.09. The number of anilines is 3. The van der Waals surface area contributed by atoms with Crippen molar-refractivity contribution in [2.45, 2.75) is 13.0 Å². The third-order valence-electron chi connectivity index (χ3n) is 4.24. The smallest absolute Gasteiger partial charge is 0.329 e. The number of nitrogens with zero attached hydrogens (tertiary/aromatic N) is 4. The third-order valence-corrected chi connectivity index (χ3v) is 4.49. The van der Waals surface area contributed by atoms with Gasteiger partial charge in [-0.1, -0.05) is 23.7 Å². The first-order chi connectivity index (χ1) is 14.0. The molecule has 1 unspecified atom stereocenters. The molecule has 4 aromatic rings. The van der Waals surface area contributed by atoms with Crippen LogP contribution in [0.4, 0.5) is 23.1 Å². The summed E-state index contributed by atoms with van der Waals surface area (Å²) in [4.78, 5) is 26.9. The Morgan fingerprint density at radius 2 is 1.90 bits per heavy atom. The van der Waals surface area contributed by atoms with E-state index in [9.17, 15) is 10.1 Å². The van der Waals surface area contributed by atoms with E-state index in [1.54, 1.807) is 24.3 Å². The molecule has 2 heterocycles. The number of benzene rings is 2. The van der Waals surface area contributed by atoms with Crippen molar-refractivity contribution >= 4 is 45.8 Å². The number of imidazole rings is 1. The average molecular weight is 410 g/mol. The molecule has 4 rings (SSSR count). The van der Waals surface area contributed by atoms with Gasteiger partial charge >= 0.3 is 5.69 Å². The standard InChI is InChI=1S/C19H16ClN7O2/c1-11(17-24-14-4-2-3-5-15(14)25-17)22-18-16(27(28)29)10-21-19(26-18)23-13-8-6-12(20)7-9-13/h2-11H,1H3,(H,24,25)(H2,21,22,23,26). The van der Waals surface area contributed by atoms with E-state index in [2.05, 4.69) is 30.6 Å². The van der Waals surface area contributed by atoms with Gasteiger partial charge in [0.05, 0.1) is 22.0 Å². The van der Waals surface area contributed by atoms with Crippen LogP contribution in [-0.2, 0) is 0 Å². The van der Waals surface area contributed by atoms with Gasteiger partial charge in [0.25, 0.3) is 0 Å². The van der Waals surface area contributed by atoms with E-state index in [1.807, 2.05) is 31.2 Å². The fourth-order valence-electron chi connectivity index (χ4n) is 2.79. The minimum absolute atomic E-state index is 0.0921. The molecule has 29 heavy (non-hydrogen) atoms. The molecule has 0 aliphatic carbocycles. The number of para-hydroxylation sites is 2. The van der Waals surface area contributed by atoms with E-state index in [4.69, 9.17) is 11.6 Å². The van der Waals surface area contributed by atoms with Crippen LogP contribution in [0.5, 0.6) is 0 Å². The summed E-state index contributed by atoms with van der Waals surface area (Å²) in [5.41, 5.74) is 2.19. The van der Waals surface area contributed by atoms with Gasteiger partial charge in [0.15, 0.2) is 0 Å². The maximum absolute atomic E-state index is 11.4. The lowest BCUT2D eigenvalue weighted by atomic mass is 10.3. The molecular formula is C19H16ClN7O2. The van der Waals surface area contributed by atoms with Crippen LogP contribution in [0, 0.1) is 10.1 Å². The molecule has 0 spiro atoms. The fraction of sp³-hybridized carbons (Fsp3) is 0.105. The highest BCUT2D eigenvalue weighted by molar-refractivity contribution is 6.30. The van der Waals surface area contributed by atoms with Crippen LogP contribution in [0.15, 0.2) is 54.7 Å². The van der Waals surface area contributed by atoms with E-state index in [-0.39, 0.29) is 23.5 Å². The molecule has 0 aliphatic rings. The van der Waals surface area contributed by atoms with Crippen molar-refractivity contribution in [2.24, 2.45) is 0 Å². The topological polar surface area (TPSA) is 122 Å². The largest absolute Gasteiger partial charge is 0.355 e. The molecule has 0 saturated heterocycles. The normalized spacial score (nSPS) is 11.9. The van der Waals surface area contributed by atoms with Crippen LogP contribution < -0.4 is 10.6 Å². The minimum atomic E-state index is -0.528. The number of hydrogen-bond acceptors (Lipinski definition) is 7. The first kappa shape index (κ1) is 18.6. The maximum atomic E-state index is 11.4. The van der Waals surface area contributed by atoms with E-state index in [1.165, 1.54) is 6.20 Å². The molecule has 0 bridgehead atoms. The average Bonchev–Trinajstić information content (AvgIpc) is 3.14. The quantitative estimate of drug-likeness (QED) is 0.308. The van der Waals surface area contributed by atoms with Gasteiger partial charge in [-0.15, -0.1) is 0 Å². The van der Waals surface area contributed by atoms with Gasteiger partial charge in [-0.05, 0) is 43.3 Å². The van der Waals surface area contributed by atoms with Crippen LogP contribution in [-0.4, -0.2) is 24.9 Å².